The topological polar surface area (TPSA) is 72.5 Å². The number of rotatable bonds is 7. The summed E-state index contributed by atoms with van der Waals surface area (Å²) in [6.45, 7) is 3.81. The molecule has 0 saturated carbocycles. The van der Waals surface area contributed by atoms with E-state index in [1.54, 1.807) is 24.3 Å². The van der Waals surface area contributed by atoms with Crippen LogP contribution in [-0.4, -0.2) is 35.0 Å². The smallest absolute Gasteiger partial charge is 0.328 e. The molecule has 0 aliphatic rings. The highest BCUT2D eigenvalue weighted by Gasteiger charge is 2.23. The number of ether oxygens (including phenoxy) is 1. The fourth-order valence-electron chi connectivity index (χ4n) is 2.65. The zero-order chi connectivity index (χ0) is 19.1. The van der Waals surface area contributed by atoms with Crippen molar-refractivity contribution in [1.82, 2.24) is 5.32 Å². The van der Waals surface area contributed by atoms with Gasteiger partial charge in [-0.05, 0) is 44.5 Å². The van der Waals surface area contributed by atoms with Crippen molar-refractivity contribution in [3.8, 4) is 0 Å². The molecule has 6 heteroatoms. The lowest BCUT2D eigenvalue weighted by molar-refractivity contribution is -0.142. The molecule has 2 aromatic rings. The zero-order valence-corrected chi connectivity index (χ0v) is 16.0. The molecule has 26 heavy (non-hydrogen) atoms. The van der Waals surface area contributed by atoms with Gasteiger partial charge in [-0.25, -0.2) is 4.79 Å². The maximum atomic E-state index is 12.5. The number of carbonyl (C=O) groups is 2. The van der Waals surface area contributed by atoms with Gasteiger partial charge in [-0.1, -0.05) is 35.4 Å². The second kappa shape index (κ2) is 9.29. The van der Waals surface area contributed by atoms with Crippen LogP contribution in [-0.2, 0) is 20.3 Å². The first-order valence-corrected chi connectivity index (χ1v) is 9.63. The summed E-state index contributed by atoms with van der Waals surface area (Å²) >= 11 is 0. The third kappa shape index (κ3) is 5.52. The van der Waals surface area contributed by atoms with Gasteiger partial charge in [-0.2, -0.15) is 0 Å². The fraction of sp³-hybridized carbons (Fsp3) is 0.300. The van der Waals surface area contributed by atoms with E-state index in [0.717, 1.165) is 11.1 Å². The molecule has 5 nitrogen and oxygen atoms in total. The molecule has 0 spiro atoms. The van der Waals surface area contributed by atoms with Gasteiger partial charge in [0.05, 0.1) is 17.9 Å². The lowest BCUT2D eigenvalue weighted by Crippen LogP contribution is -2.42. The summed E-state index contributed by atoms with van der Waals surface area (Å²) in [5.74, 6) is -0.651. The summed E-state index contributed by atoms with van der Waals surface area (Å²) in [6, 6.07) is 13.7. The third-order valence-corrected chi connectivity index (χ3v) is 5.28. The Morgan fingerprint density at radius 1 is 1.08 bits per heavy atom. The van der Waals surface area contributed by atoms with E-state index in [9.17, 15) is 13.8 Å². The average molecular weight is 373 g/mol. The van der Waals surface area contributed by atoms with Gasteiger partial charge in [0.1, 0.15) is 6.04 Å². The number of esters is 1. The molecule has 2 aromatic carbocycles. The maximum absolute atomic E-state index is 12.5. The second-order valence-corrected chi connectivity index (χ2v) is 7.65. The molecule has 1 N–H and O–H groups in total. The van der Waals surface area contributed by atoms with Crippen molar-refractivity contribution in [3.05, 3.63) is 65.2 Å². The Morgan fingerprint density at radius 2 is 1.69 bits per heavy atom. The molecule has 0 fully saturated rings. The van der Waals surface area contributed by atoms with Crippen molar-refractivity contribution >= 4 is 22.7 Å². The molecule has 0 bridgehead atoms. The van der Waals surface area contributed by atoms with Crippen LogP contribution in [0.5, 0.6) is 0 Å². The highest BCUT2D eigenvalue weighted by molar-refractivity contribution is 7.85. The molecule has 2 atom stereocenters. The molecule has 0 saturated heterocycles. The minimum atomic E-state index is -1.25. The molecule has 0 aliphatic carbocycles. The molecule has 0 unspecified atom stereocenters. The van der Waals surface area contributed by atoms with Crippen LogP contribution in [0, 0.1) is 13.8 Å². The lowest BCUT2D eigenvalue weighted by Gasteiger charge is -2.17. The quantitative estimate of drug-likeness (QED) is 0.758. The molecule has 0 aromatic heterocycles. The number of hydrogen-bond acceptors (Lipinski definition) is 4. The highest BCUT2D eigenvalue weighted by Crippen LogP contribution is 2.11. The molecular formula is C20H23NO4S. The van der Waals surface area contributed by atoms with Crippen molar-refractivity contribution in [2.24, 2.45) is 0 Å². The van der Waals surface area contributed by atoms with Crippen molar-refractivity contribution in [1.29, 1.82) is 0 Å². The van der Waals surface area contributed by atoms with Crippen molar-refractivity contribution in [2.45, 2.75) is 31.2 Å². The second-order valence-electron chi connectivity index (χ2n) is 6.08. The van der Waals surface area contributed by atoms with E-state index < -0.39 is 22.8 Å². The van der Waals surface area contributed by atoms with Gasteiger partial charge in [0, 0.05) is 16.2 Å². The van der Waals surface area contributed by atoms with Crippen LogP contribution in [0.4, 0.5) is 0 Å². The summed E-state index contributed by atoms with van der Waals surface area (Å²) in [5, 5.41) is 2.70. The first-order valence-electron chi connectivity index (χ1n) is 8.31. The van der Waals surface area contributed by atoms with Crippen LogP contribution in [0.25, 0.3) is 0 Å². The van der Waals surface area contributed by atoms with Crippen molar-refractivity contribution in [2.75, 3.05) is 12.9 Å². The standard InChI is InChI=1S/C20H23NO4S/c1-14-11-15(2)13-16(12-14)19(22)21-18(20(23)25-3)9-10-26(24)17-7-5-4-6-8-17/h4-8,11-13,18H,9-10H2,1-3H3,(H,21,22)/t18-,26+/m0/s1. The summed E-state index contributed by atoms with van der Waals surface area (Å²) in [5.41, 5.74) is 2.42. The number of methoxy groups -OCH3 is 1. The summed E-state index contributed by atoms with van der Waals surface area (Å²) in [7, 11) is 0.0221. The number of benzene rings is 2. The van der Waals surface area contributed by atoms with Crippen LogP contribution >= 0.6 is 0 Å². The number of amides is 1. The van der Waals surface area contributed by atoms with Crippen LogP contribution in [0.2, 0.25) is 0 Å². The Hall–Kier alpha value is -2.47. The minimum Gasteiger partial charge on any atom is -0.467 e. The molecule has 138 valence electrons. The fourth-order valence-corrected chi connectivity index (χ4v) is 3.80. The Bertz CT molecular complexity index is 784. The van der Waals surface area contributed by atoms with Crippen LogP contribution in [0.1, 0.15) is 27.9 Å². The SMILES string of the molecule is COC(=O)[C@H](CC[S@@](=O)c1ccccc1)NC(=O)c1cc(C)cc(C)c1. The van der Waals surface area contributed by atoms with Gasteiger partial charge >= 0.3 is 5.97 Å². The Kier molecular flexibility index (Phi) is 7.09. The van der Waals surface area contributed by atoms with Gasteiger partial charge in [-0.3, -0.25) is 9.00 Å². The van der Waals surface area contributed by atoms with Crippen LogP contribution in [0.15, 0.2) is 53.4 Å². The average Bonchev–Trinajstić information content (AvgIpc) is 2.63. The number of nitrogens with one attached hydrogen (secondary N) is 1. The summed E-state index contributed by atoms with van der Waals surface area (Å²) < 4.78 is 17.1. The first-order chi connectivity index (χ1) is 12.4. The molecular weight excluding hydrogens is 350 g/mol. The Morgan fingerprint density at radius 3 is 2.27 bits per heavy atom. The number of carbonyl (C=O) groups excluding carboxylic acids is 2. The molecule has 0 radical (unpaired) electrons. The van der Waals surface area contributed by atoms with E-state index in [1.165, 1.54) is 7.11 Å². The predicted octanol–water partition coefficient (Wildman–Crippen LogP) is 2.77. The lowest BCUT2D eigenvalue weighted by atomic mass is 10.1. The minimum absolute atomic E-state index is 0.227. The number of aryl methyl sites for hydroxylation is 2. The summed E-state index contributed by atoms with van der Waals surface area (Å²) in [4.78, 5) is 25.2. The van der Waals surface area contributed by atoms with E-state index in [2.05, 4.69) is 5.32 Å². The van der Waals surface area contributed by atoms with Gasteiger partial charge in [-0.15, -0.1) is 0 Å². The molecule has 1 amide bonds. The largest absolute Gasteiger partial charge is 0.467 e. The Labute approximate surface area is 156 Å². The van der Waals surface area contributed by atoms with Gasteiger partial charge < -0.3 is 10.1 Å². The van der Waals surface area contributed by atoms with Gasteiger partial charge in [0.25, 0.3) is 5.91 Å². The predicted molar refractivity (Wildman–Crippen MR) is 102 cm³/mol. The van der Waals surface area contributed by atoms with E-state index in [-0.39, 0.29) is 18.1 Å². The molecule has 0 aliphatic heterocycles. The van der Waals surface area contributed by atoms with E-state index >= 15 is 0 Å². The number of hydrogen-bond donors (Lipinski definition) is 1. The normalized spacial score (nSPS) is 12.9. The zero-order valence-electron chi connectivity index (χ0n) is 15.2. The van der Waals surface area contributed by atoms with Crippen molar-refractivity contribution < 1.29 is 18.5 Å². The molecule has 2 rings (SSSR count). The van der Waals surface area contributed by atoms with Crippen LogP contribution in [0.3, 0.4) is 0 Å². The maximum Gasteiger partial charge on any atom is 0.328 e. The van der Waals surface area contributed by atoms with Crippen LogP contribution < -0.4 is 5.32 Å². The van der Waals surface area contributed by atoms with Gasteiger partial charge in [0.15, 0.2) is 0 Å². The summed E-state index contributed by atoms with van der Waals surface area (Å²) in [6.07, 6.45) is 0.227. The first kappa shape index (κ1) is 19.8. The highest BCUT2D eigenvalue weighted by atomic mass is 32.2. The Balaban J connectivity index is 2.06. The monoisotopic (exact) mass is 373 g/mol. The van der Waals surface area contributed by atoms with E-state index in [4.69, 9.17) is 4.74 Å². The molecule has 0 heterocycles. The van der Waals surface area contributed by atoms with Gasteiger partial charge in [0.2, 0.25) is 0 Å². The van der Waals surface area contributed by atoms with Crippen molar-refractivity contribution in [3.63, 3.8) is 0 Å². The third-order valence-electron chi connectivity index (χ3n) is 3.87. The van der Waals surface area contributed by atoms with E-state index in [0.29, 0.717) is 10.5 Å². The van der Waals surface area contributed by atoms with E-state index in [1.807, 2.05) is 38.1 Å².